The molecule has 0 aliphatic carbocycles. The zero-order valence-electron chi connectivity index (χ0n) is 7.80. The summed E-state index contributed by atoms with van der Waals surface area (Å²) in [5, 5.41) is 5.59. The van der Waals surface area contributed by atoms with Crippen molar-refractivity contribution >= 4 is 22.0 Å². The molecule has 0 saturated carbocycles. The van der Waals surface area contributed by atoms with Crippen molar-refractivity contribution in [2.24, 2.45) is 0 Å². The molecule has 0 radical (unpaired) electrons. The third-order valence-electron chi connectivity index (χ3n) is 2.30. The fraction of sp³-hybridized carbons (Fsp3) is 0.300. The SMILES string of the molecule is Cc1ccc(C2CNC(=O)N2)c(Br)c1. The highest BCUT2D eigenvalue weighted by Gasteiger charge is 2.22. The number of halogens is 1. The molecule has 3 nitrogen and oxygen atoms in total. The van der Waals surface area contributed by atoms with E-state index in [-0.39, 0.29) is 12.1 Å². The second-order valence-electron chi connectivity index (χ2n) is 3.43. The topological polar surface area (TPSA) is 41.1 Å². The predicted molar refractivity (Wildman–Crippen MR) is 58.2 cm³/mol. The summed E-state index contributed by atoms with van der Waals surface area (Å²) in [6, 6.07) is 6.13. The number of rotatable bonds is 1. The van der Waals surface area contributed by atoms with Crippen LogP contribution in [0.1, 0.15) is 17.2 Å². The molecule has 74 valence electrons. The van der Waals surface area contributed by atoms with Gasteiger partial charge in [-0.05, 0) is 24.1 Å². The summed E-state index contributed by atoms with van der Waals surface area (Å²) in [6.07, 6.45) is 0. The Balaban J connectivity index is 2.28. The zero-order valence-corrected chi connectivity index (χ0v) is 9.39. The van der Waals surface area contributed by atoms with Gasteiger partial charge in [0.05, 0.1) is 6.04 Å². The Hall–Kier alpha value is -1.03. The Morgan fingerprint density at radius 1 is 1.50 bits per heavy atom. The number of hydrogen-bond donors (Lipinski definition) is 2. The zero-order chi connectivity index (χ0) is 10.1. The first-order chi connectivity index (χ1) is 6.66. The average Bonchev–Trinajstić information content (AvgIpc) is 2.51. The predicted octanol–water partition coefficient (Wildman–Crippen LogP) is 2.11. The van der Waals surface area contributed by atoms with Crippen LogP contribution in [0.4, 0.5) is 4.79 Å². The van der Waals surface area contributed by atoms with Crippen LogP contribution in [0.2, 0.25) is 0 Å². The number of aryl methyl sites for hydroxylation is 1. The van der Waals surface area contributed by atoms with Crippen LogP contribution < -0.4 is 10.6 Å². The normalized spacial score (nSPS) is 20.4. The van der Waals surface area contributed by atoms with Gasteiger partial charge < -0.3 is 10.6 Å². The van der Waals surface area contributed by atoms with Crippen molar-refractivity contribution in [1.29, 1.82) is 0 Å². The van der Waals surface area contributed by atoms with Crippen LogP contribution in [0.5, 0.6) is 0 Å². The van der Waals surface area contributed by atoms with Crippen LogP contribution in [-0.4, -0.2) is 12.6 Å². The minimum absolute atomic E-state index is 0.0810. The van der Waals surface area contributed by atoms with Crippen molar-refractivity contribution in [1.82, 2.24) is 10.6 Å². The molecule has 1 atom stereocenters. The third-order valence-corrected chi connectivity index (χ3v) is 2.99. The van der Waals surface area contributed by atoms with Gasteiger partial charge in [0.15, 0.2) is 0 Å². The van der Waals surface area contributed by atoms with Crippen molar-refractivity contribution in [2.75, 3.05) is 6.54 Å². The van der Waals surface area contributed by atoms with Crippen LogP contribution in [-0.2, 0) is 0 Å². The molecule has 1 aromatic carbocycles. The van der Waals surface area contributed by atoms with Crippen molar-refractivity contribution in [3.05, 3.63) is 33.8 Å². The van der Waals surface area contributed by atoms with Gasteiger partial charge in [0.1, 0.15) is 0 Å². The van der Waals surface area contributed by atoms with Crippen molar-refractivity contribution in [2.45, 2.75) is 13.0 Å². The van der Waals surface area contributed by atoms with E-state index in [0.717, 1.165) is 10.0 Å². The Morgan fingerprint density at radius 3 is 2.86 bits per heavy atom. The number of hydrogen-bond acceptors (Lipinski definition) is 1. The first-order valence-corrected chi connectivity index (χ1v) is 5.26. The quantitative estimate of drug-likeness (QED) is 0.792. The Labute approximate surface area is 91.0 Å². The standard InChI is InChI=1S/C10H11BrN2O/c1-6-2-3-7(8(11)4-6)9-5-12-10(14)13-9/h2-4,9H,5H2,1H3,(H2,12,13,14). The number of carbonyl (C=O) groups excluding carboxylic acids is 1. The molecule has 0 spiro atoms. The van der Waals surface area contributed by atoms with E-state index in [2.05, 4.69) is 32.6 Å². The molecule has 2 N–H and O–H groups in total. The Bertz CT molecular complexity index is 378. The number of amides is 2. The average molecular weight is 255 g/mol. The third kappa shape index (κ3) is 1.75. The molecule has 2 rings (SSSR count). The summed E-state index contributed by atoms with van der Waals surface area (Å²) in [4.78, 5) is 11.0. The van der Waals surface area contributed by atoms with E-state index in [0.29, 0.717) is 6.54 Å². The van der Waals surface area contributed by atoms with E-state index < -0.39 is 0 Å². The fourth-order valence-electron chi connectivity index (χ4n) is 1.56. The minimum atomic E-state index is -0.0949. The lowest BCUT2D eigenvalue weighted by Crippen LogP contribution is -2.21. The summed E-state index contributed by atoms with van der Waals surface area (Å²) in [7, 11) is 0. The lowest BCUT2D eigenvalue weighted by Gasteiger charge is -2.11. The largest absolute Gasteiger partial charge is 0.336 e. The first-order valence-electron chi connectivity index (χ1n) is 4.47. The van der Waals surface area contributed by atoms with Crippen LogP contribution in [0.15, 0.2) is 22.7 Å². The van der Waals surface area contributed by atoms with Gasteiger partial charge in [-0.25, -0.2) is 4.79 Å². The molecule has 2 amide bonds. The highest BCUT2D eigenvalue weighted by Crippen LogP contribution is 2.25. The lowest BCUT2D eigenvalue weighted by atomic mass is 10.1. The van der Waals surface area contributed by atoms with Crippen LogP contribution in [0.25, 0.3) is 0 Å². The van der Waals surface area contributed by atoms with Gasteiger partial charge in [-0.3, -0.25) is 0 Å². The van der Waals surface area contributed by atoms with Gasteiger partial charge in [0.2, 0.25) is 0 Å². The first kappa shape index (κ1) is 9.52. The van der Waals surface area contributed by atoms with Gasteiger partial charge in [-0.2, -0.15) is 0 Å². The highest BCUT2D eigenvalue weighted by atomic mass is 79.9. The smallest absolute Gasteiger partial charge is 0.315 e. The fourth-order valence-corrected chi connectivity index (χ4v) is 2.33. The molecule has 1 unspecified atom stereocenters. The molecule has 1 heterocycles. The van der Waals surface area contributed by atoms with E-state index in [1.54, 1.807) is 0 Å². The Kier molecular flexibility index (Phi) is 2.46. The van der Waals surface area contributed by atoms with E-state index in [4.69, 9.17) is 0 Å². The van der Waals surface area contributed by atoms with Gasteiger partial charge in [-0.15, -0.1) is 0 Å². The summed E-state index contributed by atoms with van der Waals surface area (Å²) in [5.41, 5.74) is 2.33. The maximum atomic E-state index is 11.0. The van der Waals surface area contributed by atoms with E-state index in [1.165, 1.54) is 5.56 Å². The molecule has 14 heavy (non-hydrogen) atoms. The van der Waals surface area contributed by atoms with E-state index >= 15 is 0 Å². The second-order valence-corrected chi connectivity index (χ2v) is 4.29. The van der Waals surface area contributed by atoms with Crippen LogP contribution in [0, 0.1) is 6.92 Å². The molecule has 1 aliphatic heterocycles. The van der Waals surface area contributed by atoms with Gasteiger partial charge in [-0.1, -0.05) is 28.1 Å². The molecular formula is C10H11BrN2O. The number of benzene rings is 1. The second kappa shape index (κ2) is 3.61. The van der Waals surface area contributed by atoms with Gasteiger partial charge in [0, 0.05) is 11.0 Å². The van der Waals surface area contributed by atoms with Crippen LogP contribution in [0.3, 0.4) is 0 Å². The van der Waals surface area contributed by atoms with Gasteiger partial charge >= 0.3 is 6.03 Å². The molecule has 1 aromatic rings. The molecular weight excluding hydrogens is 244 g/mol. The maximum absolute atomic E-state index is 11.0. The molecule has 1 fully saturated rings. The molecule has 0 bridgehead atoms. The monoisotopic (exact) mass is 254 g/mol. The van der Waals surface area contributed by atoms with Crippen molar-refractivity contribution < 1.29 is 4.79 Å². The highest BCUT2D eigenvalue weighted by molar-refractivity contribution is 9.10. The number of carbonyl (C=O) groups is 1. The van der Waals surface area contributed by atoms with Crippen molar-refractivity contribution in [3.63, 3.8) is 0 Å². The lowest BCUT2D eigenvalue weighted by molar-refractivity contribution is 0.247. The molecule has 4 heteroatoms. The maximum Gasteiger partial charge on any atom is 0.315 e. The van der Waals surface area contributed by atoms with E-state index in [9.17, 15) is 4.79 Å². The molecule has 1 aliphatic rings. The van der Waals surface area contributed by atoms with Crippen LogP contribution >= 0.6 is 15.9 Å². The summed E-state index contributed by atoms with van der Waals surface area (Å²) in [5.74, 6) is 0. The minimum Gasteiger partial charge on any atom is -0.336 e. The summed E-state index contributed by atoms with van der Waals surface area (Å²) < 4.78 is 1.05. The number of nitrogens with one attached hydrogen (secondary N) is 2. The van der Waals surface area contributed by atoms with E-state index in [1.807, 2.05) is 19.1 Å². The molecule has 0 aromatic heterocycles. The van der Waals surface area contributed by atoms with Gasteiger partial charge in [0.25, 0.3) is 0 Å². The number of urea groups is 1. The summed E-state index contributed by atoms with van der Waals surface area (Å²) >= 11 is 3.50. The Morgan fingerprint density at radius 2 is 2.29 bits per heavy atom. The molecule has 1 saturated heterocycles. The summed E-state index contributed by atoms with van der Waals surface area (Å²) in [6.45, 7) is 2.69. The van der Waals surface area contributed by atoms with Crippen molar-refractivity contribution in [3.8, 4) is 0 Å².